The van der Waals surface area contributed by atoms with Gasteiger partial charge in [-0.2, -0.15) is 0 Å². The summed E-state index contributed by atoms with van der Waals surface area (Å²) in [7, 11) is 1.51. The van der Waals surface area contributed by atoms with Gasteiger partial charge in [0.15, 0.2) is 0 Å². The van der Waals surface area contributed by atoms with E-state index in [1.807, 2.05) is 18.2 Å². The lowest BCUT2D eigenvalue weighted by molar-refractivity contribution is -0.0360. The molecule has 106 valence electrons. The van der Waals surface area contributed by atoms with E-state index in [0.29, 0.717) is 16.1 Å². The number of benzene rings is 2. The predicted molar refractivity (Wildman–Crippen MR) is 77.3 cm³/mol. The van der Waals surface area contributed by atoms with Gasteiger partial charge in [-0.3, -0.25) is 0 Å². The van der Waals surface area contributed by atoms with Crippen LogP contribution < -0.4 is 0 Å². The molecule has 2 aromatic rings. The summed E-state index contributed by atoms with van der Waals surface area (Å²) in [6.07, 6.45) is 0.119. The van der Waals surface area contributed by atoms with Crippen LogP contribution in [0.1, 0.15) is 11.1 Å². The van der Waals surface area contributed by atoms with E-state index in [-0.39, 0.29) is 13.0 Å². The Morgan fingerprint density at radius 3 is 2.50 bits per heavy atom. The number of hydrogen-bond donors (Lipinski definition) is 1. The van der Waals surface area contributed by atoms with E-state index >= 15 is 0 Å². The highest BCUT2D eigenvalue weighted by molar-refractivity contribution is 6.30. The predicted octanol–water partition coefficient (Wildman–Crippen LogP) is 3.56. The second kappa shape index (κ2) is 6.35. The summed E-state index contributed by atoms with van der Waals surface area (Å²) in [6, 6.07) is 13.6. The van der Waals surface area contributed by atoms with Gasteiger partial charge in [-0.15, -0.1) is 0 Å². The summed E-state index contributed by atoms with van der Waals surface area (Å²) in [5, 5.41) is 11.1. The third-order valence-electron chi connectivity index (χ3n) is 3.19. The molecule has 0 heterocycles. The highest BCUT2D eigenvalue weighted by atomic mass is 35.5. The van der Waals surface area contributed by atoms with Gasteiger partial charge in [0, 0.05) is 18.6 Å². The topological polar surface area (TPSA) is 29.5 Å². The minimum atomic E-state index is -1.27. The Morgan fingerprint density at radius 2 is 1.90 bits per heavy atom. The third kappa shape index (κ3) is 3.37. The van der Waals surface area contributed by atoms with Gasteiger partial charge in [0.25, 0.3) is 0 Å². The standard InChI is InChI=1S/C16H16ClFO2/c1-20-11-16(19,13-5-3-2-4-6-13)10-12-7-8-14(17)9-15(12)18/h2-9,19H,10-11H2,1H3. The maximum atomic E-state index is 13.9. The molecule has 0 bridgehead atoms. The maximum Gasteiger partial charge on any atom is 0.128 e. The summed E-state index contributed by atoms with van der Waals surface area (Å²) < 4.78 is 19.0. The molecule has 0 amide bonds. The molecule has 1 unspecified atom stereocenters. The molecule has 0 aromatic heterocycles. The van der Waals surface area contributed by atoms with E-state index in [0.717, 1.165) is 0 Å². The third-order valence-corrected chi connectivity index (χ3v) is 3.43. The van der Waals surface area contributed by atoms with Crippen molar-refractivity contribution in [3.8, 4) is 0 Å². The molecule has 0 aliphatic heterocycles. The van der Waals surface area contributed by atoms with Gasteiger partial charge in [-0.25, -0.2) is 4.39 Å². The molecule has 0 fully saturated rings. The van der Waals surface area contributed by atoms with E-state index in [9.17, 15) is 9.50 Å². The van der Waals surface area contributed by atoms with Gasteiger partial charge >= 0.3 is 0 Å². The van der Waals surface area contributed by atoms with Crippen molar-refractivity contribution in [3.05, 3.63) is 70.5 Å². The molecule has 4 heteroatoms. The minimum Gasteiger partial charge on any atom is -0.382 e. The first-order valence-electron chi connectivity index (χ1n) is 6.26. The van der Waals surface area contributed by atoms with Crippen molar-refractivity contribution in [1.82, 2.24) is 0 Å². The van der Waals surface area contributed by atoms with Crippen LogP contribution in [-0.2, 0) is 16.8 Å². The number of halogens is 2. The molecule has 0 aliphatic rings. The smallest absolute Gasteiger partial charge is 0.128 e. The average molecular weight is 295 g/mol. The molecule has 0 saturated carbocycles. The molecule has 2 nitrogen and oxygen atoms in total. The quantitative estimate of drug-likeness (QED) is 0.914. The average Bonchev–Trinajstić information content (AvgIpc) is 2.43. The highest BCUT2D eigenvalue weighted by Crippen LogP contribution is 2.28. The van der Waals surface area contributed by atoms with Crippen LogP contribution in [0.15, 0.2) is 48.5 Å². The van der Waals surface area contributed by atoms with Crippen LogP contribution >= 0.6 is 11.6 Å². The van der Waals surface area contributed by atoms with Gasteiger partial charge in [0.1, 0.15) is 11.4 Å². The second-order valence-electron chi connectivity index (χ2n) is 4.74. The van der Waals surface area contributed by atoms with Crippen molar-refractivity contribution in [2.75, 3.05) is 13.7 Å². The van der Waals surface area contributed by atoms with Crippen LogP contribution in [-0.4, -0.2) is 18.8 Å². The van der Waals surface area contributed by atoms with E-state index in [4.69, 9.17) is 16.3 Å². The summed E-state index contributed by atoms with van der Waals surface area (Å²) >= 11 is 5.74. The van der Waals surface area contributed by atoms with Crippen LogP contribution in [0.2, 0.25) is 5.02 Å². The fraction of sp³-hybridized carbons (Fsp3) is 0.250. The number of rotatable bonds is 5. The first kappa shape index (κ1) is 15.0. The van der Waals surface area contributed by atoms with Crippen molar-refractivity contribution in [2.45, 2.75) is 12.0 Å². The van der Waals surface area contributed by atoms with Crippen molar-refractivity contribution in [3.63, 3.8) is 0 Å². The molecule has 0 radical (unpaired) electrons. The lowest BCUT2D eigenvalue weighted by Gasteiger charge is -2.28. The molecule has 2 rings (SSSR count). The van der Waals surface area contributed by atoms with E-state index in [1.54, 1.807) is 24.3 Å². The first-order chi connectivity index (χ1) is 9.55. The number of ether oxygens (including phenoxy) is 1. The second-order valence-corrected chi connectivity index (χ2v) is 5.18. The van der Waals surface area contributed by atoms with E-state index in [2.05, 4.69) is 0 Å². The zero-order valence-corrected chi connectivity index (χ0v) is 11.9. The summed E-state index contributed by atoms with van der Waals surface area (Å²) in [5.41, 5.74) is -0.181. The Balaban J connectivity index is 2.34. The van der Waals surface area contributed by atoms with Crippen molar-refractivity contribution >= 4 is 11.6 Å². The van der Waals surface area contributed by atoms with E-state index < -0.39 is 11.4 Å². The van der Waals surface area contributed by atoms with Gasteiger partial charge in [-0.1, -0.05) is 48.0 Å². The Bertz CT molecular complexity index is 574. The molecule has 0 aliphatic carbocycles. The zero-order valence-electron chi connectivity index (χ0n) is 11.1. The molecular formula is C16H16ClFO2. The highest BCUT2D eigenvalue weighted by Gasteiger charge is 2.30. The number of aliphatic hydroxyl groups is 1. The molecule has 2 aromatic carbocycles. The fourth-order valence-corrected chi connectivity index (χ4v) is 2.36. The molecule has 0 saturated heterocycles. The normalized spacial score (nSPS) is 14.0. The Morgan fingerprint density at radius 1 is 1.20 bits per heavy atom. The van der Waals surface area contributed by atoms with E-state index in [1.165, 1.54) is 13.2 Å². The lowest BCUT2D eigenvalue weighted by atomic mass is 9.88. The van der Waals surface area contributed by atoms with Crippen molar-refractivity contribution in [1.29, 1.82) is 0 Å². The van der Waals surface area contributed by atoms with Gasteiger partial charge in [0.2, 0.25) is 0 Å². The molecule has 20 heavy (non-hydrogen) atoms. The molecule has 0 spiro atoms. The van der Waals surface area contributed by atoms with Gasteiger partial charge in [-0.05, 0) is 23.3 Å². The number of hydrogen-bond acceptors (Lipinski definition) is 2. The van der Waals surface area contributed by atoms with Crippen LogP contribution in [0.25, 0.3) is 0 Å². The minimum absolute atomic E-state index is 0.0824. The largest absolute Gasteiger partial charge is 0.382 e. The van der Waals surface area contributed by atoms with Crippen LogP contribution in [0.3, 0.4) is 0 Å². The van der Waals surface area contributed by atoms with Gasteiger partial charge < -0.3 is 9.84 Å². The molecule has 1 atom stereocenters. The van der Waals surface area contributed by atoms with Crippen molar-refractivity contribution in [2.24, 2.45) is 0 Å². The Labute approximate surface area is 122 Å². The van der Waals surface area contributed by atoms with Crippen molar-refractivity contribution < 1.29 is 14.2 Å². The first-order valence-corrected chi connectivity index (χ1v) is 6.64. The van der Waals surface area contributed by atoms with Crippen LogP contribution in [0, 0.1) is 5.82 Å². The Hall–Kier alpha value is -1.42. The summed E-state index contributed by atoms with van der Waals surface area (Å²) in [6.45, 7) is 0.0824. The molecular weight excluding hydrogens is 279 g/mol. The summed E-state index contributed by atoms with van der Waals surface area (Å²) in [4.78, 5) is 0. The summed E-state index contributed by atoms with van der Waals surface area (Å²) in [5.74, 6) is -0.428. The van der Waals surface area contributed by atoms with Crippen LogP contribution in [0.5, 0.6) is 0 Å². The Kier molecular flexibility index (Phi) is 4.76. The van der Waals surface area contributed by atoms with Crippen LogP contribution in [0.4, 0.5) is 4.39 Å². The maximum absolute atomic E-state index is 13.9. The SMILES string of the molecule is COCC(O)(Cc1ccc(Cl)cc1F)c1ccccc1. The lowest BCUT2D eigenvalue weighted by Crippen LogP contribution is -2.34. The fourth-order valence-electron chi connectivity index (χ4n) is 2.20. The monoisotopic (exact) mass is 294 g/mol. The zero-order chi connectivity index (χ0) is 14.6. The number of methoxy groups -OCH3 is 1. The molecule has 1 N–H and O–H groups in total. The van der Waals surface area contributed by atoms with Gasteiger partial charge in [0.05, 0.1) is 6.61 Å².